The van der Waals surface area contributed by atoms with E-state index in [1.54, 1.807) is 6.07 Å². The number of aromatic nitrogens is 1. The third-order valence-electron chi connectivity index (χ3n) is 5.45. The van der Waals surface area contributed by atoms with Crippen molar-refractivity contribution in [2.75, 3.05) is 19.6 Å². The van der Waals surface area contributed by atoms with E-state index >= 15 is 0 Å². The first kappa shape index (κ1) is 19.9. The number of fused-ring (bicyclic) bond motifs is 1. The molecule has 0 bridgehead atoms. The molecule has 1 aromatic heterocycles. The summed E-state index contributed by atoms with van der Waals surface area (Å²) in [5.41, 5.74) is 2.15. The van der Waals surface area contributed by atoms with Gasteiger partial charge in [0.15, 0.2) is 5.58 Å². The van der Waals surface area contributed by atoms with Gasteiger partial charge in [-0.25, -0.2) is 17.9 Å². The zero-order chi connectivity index (χ0) is 20.4. The zero-order valence-electron chi connectivity index (χ0n) is 16.4. The summed E-state index contributed by atoms with van der Waals surface area (Å²) in [6.45, 7) is 5.41. The molecule has 0 radical (unpaired) electrons. The predicted molar refractivity (Wildman–Crippen MR) is 111 cm³/mol. The number of aryl methyl sites for hydroxylation is 1. The van der Waals surface area contributed by atoms with Crippen LogP contribution in [0, 0.1) is 5.92 Å². The molecule has 4 rings (SSSR count). The van der Waals surface area contributed by atoms with Gasteiger partial charge in [-0.3, -0.25) is 9.47 Å². The highest BCUT2D eigenvalue weighted by Crippen LogP contribution is 2.21. The van der Waals surface area contributed by atoms with Gasteiger partial charge in [0.05, 0.1) is 10.4 Å². The molecular weight excluding hydrogens is 390 g/mol. The molecule has 1 atom stereocenters. The van der Waals surface area contributed by atoms with Crippen molar-refractivity contribution in [2.45, 2.75) is 31.3 Å². The van der Waals surface area contributed by atoms with Crippen LogP contribution in [0.3, 0.4) is 0 Å². The highest BCUT2D eigenvalue weighted by Gasteiger charge is 2.25. The molecule has 154 valence electrons. The van der Waals surface area contributed by atoms with E-state index in [0.717, 1.165) is 26.1 Å². The summed E-state index contributed by atoms with van der Waals surface area (Å²) in [6, 6.07) is 14.8. The minimum absolute atomic E-state index is 0.112. The van der Waals surface area contributed by atoms with Crippen LogP contribution in [-0.2, 0) is 23.1 Å². The van der Waals surface area contributed by atoms with Crippen LogP contribution in [-0.4, -0.2) is 37.5 Å². The van der Waals surface area contributed by atoms with Crippen LogP contribution in [0.25, 0.3) is 11.1 Å². The van der Waals surface area contributed by atoms with Crippen molar-refractivity contribution in [1.29, 1.82) is 0 Å². The number of rotatable bonds is 7. The Kier molecular flexibility index (Phi) is 5.58. The van der Waals surface area contributed by atoms with Gasteiger partial charge < -0.3 is 4.42 Å². The second-order valence-corrected chi connectivity index (χ2v) is 9.24. The van der Waals surface area contributed by atoms with Gasteiger partial charge in [0.2, 0.25) is 10.0 Å². The average Bonchev–Trinajstić information content (AvgIpc) is 3.29. The normalized spacial score (nSPS) is 17.9. The van der Waals surface area contributed by atoms with Crippen LogP contribution in [0.15, 0.2) is 62.6 Å². The van der Waals surface area contributed by atoms with Gasteiger partial charge in [-0.1, -0.05) is 30.3 Å². The molecule has 3 aromatic rings. The van der Waals surface area contributed by atoms with E-state index < -0.39 is 15.8 Å². The first-order valence-corrected chi connectivity index (χ1v) is 11.3. The SMILES string of the molecule is CCn1c(=O)oc2cc(S(=O)(=O)NC[C@H]3CCN(Cc4ccccc4)C3)ccc21. The maximum Gasteiger partial charge on any atom is 0.419 e. The minimum Gasteiger partial charge on any atom is -0.408 e. The van der Waals surface area contributed by atoms with E-state index in [1.807, 2.05) is 25.1 Å². The summed E-state index contributed by atoms with van der Waals surface area (Å²) in [7, 11) is -3.67. The van der Waals surface area contributed by atoms with E-state index in [4.69, 9.17) is 4.42 Å². The number of nitrogens with zero attached hydrogens (tertiary/aromatic N) is 2. The van der Waals surface area contributed by atoms with Gasteiger partial charge in [-0.15, -0.1) is 0 Å². The van der Waals surface area contributed by atoms with E-state index in [-0.39, 0.29) is 16.4 Å². The molecule has 0 amide bonds. The quantitative estimate of drug-likeness (QED) is 0.641. The highest BCUT2D eigenvalue weighted by molar-refractivity contribution is 7.89. The van der Waals surface area contributed by atoms with E-state index in [0.29, 0.717) is 18.6 Å². The summed E-state index contributed by atoms with van der Waals surface area (Å²) < 4.78 is 34.8. The average molecular weight is 416 g/mol. The lowest BCUT2D eigenvalue weighted by molar-refractivity contribution is 0.316. The van der Waals surface area contributed by atoms with Gasteiger partial charge >= 0.3 is 5.76 Å². The van der Waals surface area contributed by atoms with Crippen molar-refractivity contribution < 1.29 is 12.8 Å². The molecule has 29 heavy (non-hydrogen) atoms. The molecule has 2 aromatic carbocycles. The largest absolute Gasteiger partial charge is 0.419 e. The fourth-order valence-corrected chi connectivity index (χ4v) is 5.02. The lowest BCUT2D eigenvalue weighted by Crippen LogP contribution is -2.31. The number of hydrogen-bond acceptors (Lipinski definition) is 5. The Morgan fingerprint density at radius 1 is 1.17 bits per heavy atom. The van der Waals surface area contributed by atoms with Crippen LogP contribution in [0.4, 0.5) is 0 Å². The third-order valence-corrected chi connectivity index (χ3v) is 6.87. The first-order valence-electron chi connectivity index (χ1n) is 9.85. The van der Waals surface area contributed by atoms with Gasteiger partial charge in [0.1, 0.15) is 0 Å². The molecule has 1 aliphatic rings. The number of benzene rings is 2. The molecule has 1 fully saturated rings. The standard InChI is InChI=1S/C21H25N3O4S/c1-2-24-19-9-8-18(12-20(19)28-21(24)25)29(26,27)22-13-17-10-11-23(15-17)14-16-6-4-3-5-7-16/h3-9,12,17,22H,2,10-11,13-15H2,1H3/t17-/m1/s1. The number of nitrogens with one attached hydrogen (secondary N) is 1. The molecule has 7 nitrogen and oxygen atoms in total. The summed E-state index contributed by atoms with van der Waals surface area (Å²) >= 11 is 0. The van der Waals surface area contributed by atoms with Crippen LogP contribution < -0.4 is 10.5 Å². The number of likely N-dealkylation sites (tertiary alicyclic amines) is 1. The fraction of sp³-hybridized carbons (Fsp3) is 0.381. The minimum atomic E-state index is -3.67. The topological polar surface area (TPSA) is 84.5 Å². The summed E-state index contributed by atoms with van der Waals surface area (Å²) in [5, 5.41) is 0. The first-order chi connectivity index (χ1) is 14.0. The third kappa shape index (κ3) is 4.29. The zero-order valence-corrected chi connectivity index (χ0v) is 17.2. The van der Waals surface area contributed by atoms with Gasteiger partial charge in [0.25, 0.3) is 0 Å². The number of oxazole rings is 1. The second kappa shape index (κ2) is 8.14. The number of sulfonamides is 1. The highest BCUT2D eigenvalue weighted by atomic mass is 32.2. The summed E-state index contributed by atoms with van der Waals surface area (Å²) in [4.78, 5) is 14.3. The molecule has 0 aliphatic carbocycles. The van der Waals surface area contributed by atoms with Crippen LogP contribution in [0.2, 0.25) is 0 Å². The molecular formula is C21H25N3O4S. The van der Waals surface area contributed by atoms with Crippen LogP contribution >= 0.6 is 0 Å². The Hall–Kier alpha value is -2.42. The smallest absolute Gasteiger partial charge is 0.408 e. The maximum absolute atomic E-state index is 12.7. The Labute approximate surface area is 170 Å². The van der Waals surface area contributed by atoms with Crippen molar-refractivity contribution in [1.82, 2.24) is 14.2 Å². The van der Waals surface area contributed by atoms with Crippen molar-refractivity contribution >= 4 is 21.1 Å². The Morgan fingerprint density at radius 2 is 1.97 bits per heavy atom. The molecule has 8 heteroatoms. The summed E-state index contributed by atoms with van der Waals surface area (Å²) in [6.07, 6.45) is 0.961. The molecule has 2 heterocycles. The summed E-state index contributed by atoms with van der Waals surface area (Å²) in [5.74, 6) is -0.203. The predicted octanol–water partition coefficient (Wildman–Crippen LogP) is 2.41. The fourth-order valence-electron chi connectivity index (χ4n) is 3.89. The van der Waals surface area contributed by atoms with Crippen molar-refractivity contribution in [3.05, 3.63) is 64.6 Å². The Balaban J connectivity index is 1.39. The molecule has 0 saturated carbocycles. The molecule has 1 aliphatic heterocycles. The second-order valence-electron chi connectivity index (χ2n) is 7.47. The van der Waals surface area contributed by atoms with Crippen LogP contribution in [0.5, 0.6) is 0 Å². The Morgan fingerprint density at radius 3 is 2.72 bits per heavy atom. The lowest BCUT2D eigenvalue weighted by atomic mass is 10.1. The lowest BCUT2D eigenvalue weighted by Gasteiger charge is -2.16. The molecule has 0 unspecified atom stereocenters. The van der Waals surface area contributed by atoms with E-state index in [9.17, 15) is 13.2 Å². The van der Waals surface area contributed by atoms with Crippen molar-refractivity contribution in [3.8, 4) is 0 Å². The monoisotopic (exact) mass is 415 g/mol. The maximum atomic E-state index is 12.7. The van der Waals surface area contributed by atoms with Gasteiger partial charge in [-0.05, 0) is 43.5 Å². The molecule has 1 saturated heterocycles. The molecule has 0 spiro atoms. The van der Waals surface area contributed by atoms with E-state index in [2.05, 4.69) is 21.8 Å². The van der Waals surface area contributed by atoms with E-state index in [1.165, 1.54) is 22.3 Å². The van der Waals surface area contributed by atoms with Crippen molar-refractivity contribution in [2.24, 2.45) is 5.92 Å². The Bertz CT molecular complexity index is 1150. The number of hydrogen-bond donors (Lipinski definition) is 1. The van der Waals surface area contributed by atoms with Crippen LogP contribution in [0.1, 0.15) is 18.9 Å². The van der Waals surface area contributed by atoms with Gasteiger partial charge in [0, 0.05) is 32.2 Å². The van der Waals surface area contributed by atoms with Gasteiger partial charge in [-0.2, -0.15) is 0 Å². The molecule has 1 N–H and O–H groups in total. The van der Waals surface area contributed by atoms with Crippen molar-refractivity contribution in [3.63, 3.8) is 0 Å².